The lowest BCUT2D eigenvalue weighted by Crippen LogP contribution is -2.51. The monoisotopic (exact) mass is 346 g/mol. The van der Waals surface area contributed by atoms with E-state index in [1.165, 1.54) is 31.0 Å². The highest BCUT2D eigenvalue weighted by atomic mass is 35.5. The highest BCUT2D eigenvalue weighted by molar-refractivity contribution is 5.85. The largest absolute Gasteiger partial charge is 0.379 e. The topological polar surface area (TPSA) is 33.3 Å². The van der Waals surface area contributed by atoms with Crippen LogP contribution in [0.5, 0.6) is 0 Å². The number of hydrogen-bond acceptors (Lipinski definition) is 3. The highest BCUT2D eigenvalue weighted by Crippen LogP contribution is 2.29. The average Bonchev–Trinajstić information content (AvgIpc) is 2.99. The fourth-order valence-electron chi connectivity index (χ4n) is 3.74. The number of hydrogen-bond donors (Lipinski definition) is 2. The van der Waals surface area contributed by atoms with Gasteiger partial charge < -0.3 is 15.4 Å². The second-order valence-electron chi connectivity index (χ2n) is 6.24. The quantitative estimate of drug-likeness (QED) is 0.860. The Morgan fingerprint density at radius 1 is 1.22 bits per heavy atom. The summed E-state index contributed by atoms with van der Waals surface area (Å²) in [6.45, 7) is 3.07. The Labute approximate surface area is 142 Å². The van der Waals surface area contributed by atoms with Crippen LogP contribution in [0.25, 0.3) is 0 Å². The molecule has 1 heterocycles. The smallest absolute Gasteiger partial charge is 0.129 e. The number of benzene rings is 1. The molecule has 1 aliphatic carbocycles. The first kappa shape index (κ1) is 18.6. The minimum atomic E-state index is -0.452. The van der Waals surface area contributed by atoms with Crippen molar-refractivity contribution < 1.29 is 13.5 Å². The molecule has 1 aromatic rings. The normalized spacial score (nSPS) is 27.7. The first-order valence-electron chi connectivity index (χ1n) is 8.23. The third-order valence-corrected chi connectivity index (χ3v) is 4.88. The predicted octanol–water partition coefficient (Wildman–Crippen LogP) is 2.68. The SMILES string of the molecule is Cl.Fc1cccc(F)c1CCNC1CCCC1C1COCCN1. The van der Waals surface area contributed by atoms with Crippen LogP contribution in [0.2, 0.25) is 0 Å². The molecule has 1 aromatic carbocycles. The van der Waals surface area contributed by atoms with E-state index in [0.29, 0.717) is 31.0 Å². The zero-order valence-electron chi connectivity index (χ0n) is 13.2. The third kappa shape index (κ3) is 4.63. The van der Waals surface area contributed by atoms with Gasteiger partial charge in [0.15, 0.2) is 0 Å². The summed E-state index contributed by atoms with van der Waals surface area (Å²) in [6.07, 6.45) is 3.90. The molecule has 2 fully saturated rings. The van der Waals surface area contributed by atoms with Gasteiger partial charge in [-0.2, -0.15) is 0 Å². The van der Waals surface area contributed by atoms with Crippen LogP contribution < -0.4 is 10.6 Å². The van der Waals surface area contributed by atoms with Crippen molar-refractivity contribution in [2.75, 3.05) is 26.3 Å². The van der Waals surface area contributed by atoms with Crippen LogP contribution in [0.1, 0.15) is 24.8 Å². The molecular formula is C17H25ClF2N2O. The number of ether oxygens (including phenoxy) is 1. The van der Waals surface area contributed by atoms with Crippen LogP contribution in [0.15, 0.2) is 18.2 Å². The zero-order valence-corrected chi connectivity index (χ0v) is 14.0. The molecule has 3 atom stereocenters. The van der Waals surface area contributed by atoms with Gasteiger partial charge in [-0.1, -0.05) is 12.5 Å². The molecule has 6 heteroatoms. The summed E-state index contributed by atoms with van der Waals surface area (Å²) >= 11 is 0. The van der Waals surface area contributed by atoms with E-state index in [0.717, 1.165) is 26.2 Å². The lowest BCUT2D eigenvalue weighted by molar-refractivity contribution is 0.0526. The molecule has 0 spiro atoms. The first-order chi connectivity index (χ1) is 10.8. The van der Waals surface area contributed by atoms with Crippen molar-refractivity contribution in [2.45, 2.75) is 37.8 Å². The molecule has 130 valence electrons. The van der Waals surface area contributed by atoms with Crippen LogP contribution >= 0.6 is 12.4 Å². The Kier molecular flexibility index (Phi) is 7.21. The summed E-state index contributed by atoms with van der Waals surface area (Å²) in [5, 5.41) is 7.04. The van der Waals surface area contributed by atoms with Gasteiger partial charge in [-0.05, 0) is 43.9 Å². The lowest BCUT2D eigenvalue weighted by atomic mass is 9.94. The zero-order chi connectivity index (χ0) is 15.4. The Balaban J connectivity index is 0.00000192. The number of morpholine rings is 1. The van der Waals surface area contributed by atoms with E-state index in [1.54, 1.807) is 0 Å². The van der Waals surface area contributed by atoms with Gasteiger partial charge in [-0.25, -0.2) is 8.78 Å². The second-order valence-corrected chi connectivity index (χ2v) is 6.24. The van der Waals surface area contributed by atoms with Crippen LogP contribution in [0, 0.1) is 17.6 Å². The second kappa shape index (κ2) is 8.92. The highest BCUT2D eigenvalue weighted by Gasteiger charge is 2.34. The van der Waals surface area contributed by atoms with Crippen molar-refractivity contribution in [2.24, 2.45) is 5.92 Å². The van der Waals surface area contributed by atoms with Crippen LogP contribution in [0.3, 0.4) is 0 Å². The van der Waals surface area contributed by atoms with Gasteiger partial charge in [-0.3, -0.25) is 0 Å². The molecule has 2 N–H and O–H groups in total. The van der Waals surface area contributed by atoms with Gasteiger partial charge in [0.1, 0.15) is 11.6 Å². The molecule has 3 rings (SSSR count). The van der Waals surface area contributed by atoms with Crippen LogP contribution in [-0.2, 0) is 11.2 Å². The van der Waals surface area contributed by atoms with E-state index in [9.17, 15) is 8.78 Å². The molecule has 0 bridgehead atoms. The van der Waals surface area contributed by atoms with Gasteiger partial charge in [0.05, 0.1) is 13.2 Å². The lowest BCUT2D eigenvalue weighted by Gasteiger charge is -2.33. The van der Waals surface area contributed by atoms with Crippen molar-refractivity contribution in [1.82, 2.24) is 10.6 Å². The van der Waals surface area contributed by atoms with Crippen molar-refractivity contribution >= 4 is 12.4 Å². The molecule has 1 saturated heterocycles. The maximum absolute atomic E-state index is 13.6. The molecule has 23 heavy (non-hydrogen) atoms. The summed E-state index contributed by atoms with van der Waals surface area (Å²) in [4.78, 5) is 0. The summed E-state index contributed by atoms with van der Waals surface area (Å²) in [6, 6.07) is 4.86. The Morgan fingerprint density at radius 2 is 2.00 bits per heavy atom. The van der Waals surface area contributed by atoms with Gasteiger partial charge in [0.25, 0.3) is 0 Å². The summed E-state index contributed by atoms with van der Waals surface area (Å²) < 4.78 is 32.8. The number of nitrogens with one attached hydrogen (secondary N) is 2. The van der Waals surface area contributed by atoms with E-state index in [-0.39, 0.29) is 18.0 Å². The van der Waals surface area contributed by atoms with E-state index < -0.39 is 11.6 Å². The van der Waals surface area contributed by atoms with Crippen LogP contribution in [0.4, 0.5) is 8.78 Å². The number of rotatable bonds is 5. The minimum absolute atomic E-state index is 0. The Bertz CT molecular complexity index is 477. The predicted molar refractivity (Wildman–Crippen MR) is 89.1 cm³/mol. The van der Waals surface area contributed by atoms with Gasteiger partial charge in [0, 0.05) is 24.2 Å². The molecule has 3 unspecified atom stereocenters. The molecule has 2 aliphatic rings. The van der Waals surface area contributed by atoms with Crippen LogP contribution in [-0.4, -0.2) is 38.4 Å². The molecular weight excluding hydrogens is 322 g/mol. The first-order valence-corrected chi connectivity index (χ1v) is 8.23. The van der Waals surface area contributed by atoms with E-state index in [2.05, 4.69) is 10.6 Å². The van der Waals surface area contributed by atoms with E-state index in [1.807, 2.05) is 0 Å². The summed E-state index contributed by atoms with van der Waals surface area (Å²) in [7, 11) is 0. The van der Waals surface area contributed by atoms with Gasteiger partial charge >= 0.3 is 0 Å². The fourth-order valence-corrected chi connectivity index (χ4v) is 3.74. The third-order valence-electron chi connectivity index (χ3n) is 4.88. The molecule has 0 amide bonds. The van der Waals surface area contributed by atoms with Crippen molar-refractivity contribution in [3.05, 3.63) is 35.4 Å². The van der Waals surface area contributed by atoms with E-state index in [4.69, 9.17) is 4.74 Å². The van der Waals surface area contributed by atoms with E-state index >= 15 is 0 Å². The summed E-state index contributed by atoms with van der Waals surface area (Å²) in [5.74, 6) is -0.356. The maximum Gasteiger partial charge on any atom is 0.129 e. The Morgan fingerprint density at radius 3 is 2.70 bits per heavy atom. The van der Waals surface area contributed by atoms with Crippen molar-refractivity contribution in [3.63, 3.8) is 0 Å². The minimum Gasteiger partial charge on any atom is -0.379 e. The molecule has 3 nitrogen and oxygen atoms in total. The molecule has 0 radical (unpaired) electrons. The maximum atomic E-state index is 13.6. The molecule has 1 saturated carbocycles. The van der Waals surface area contributed by atoms with Crippen molar-refractivity contribution in [3.8, 4) is 0 Å². The van der Waals surface area contributed by atoms with Crippen molar-refractivity contribution in [1.29, 1.82) is 0 Å². The molecule has 0 aromatic heterocycles. The summed E-state index contributed by atoms with van der Waals surface area (Å²) in [5.41, 5.74) is 0.184. The van der Waals surface area contributed by atoms with Gasteiger partial charge in [0.2, 0.25) is 0 Å². The fraction of sp³-hybridized carbons (Fsp3) is 0.647. The van der Waals surface area contributed by atoms with Gasteiger partial charge in [-0.15, -0.1) is 12.4 Å². The standard InChI is InChI=1S/C17H24F2N2O.ClH/c18-14-4-2-5-15(19)12(14)7-8-20-16-6-1-3-13(16)17-11-22-10-9-21-17;/h2,4-5,13,16-17,20-21H,1,3,6-11H2;1H. The Hall–Kier alpha value is -0.750. The molecule has 1 aliphatic heterocycles. The number of halogens is 3. The average molecular weight is 347 g/mol.